The summed E-state index contributed by atoms with van der Waals surface area (Å²) < 4.78 is 18.9. The number of H-pyrrole nitrogens is 1. The normalized spacial score (nSPS) is 25.3. The molecule has 1 amide bonds. The van der Waals surface area contributed by atoms with Crippen molar-refractivity contribution in [3.05, 3.63) is 41.5 Å². The van der Waals surface area contributed by atoms with Crippen molar-refractivity contribution in [2.24, 2.45) is 5.92 Å². The molecule has 1 saturated heterocycles. The molecule has 1 aromatic carbocycles. The predicted octanol–water partition coefficient (Wildman–Crippen LogP) is 2.14. The first-order valence-corrected chi connectivity index (χ1v) is 8.92. The summed E-state index contributed by atoms with van der Waals surface area (Å²) in [6.45, 7) is 2.96. The minimum absolute atomic E-state index is 0.0133. The number of fused-ring (bicyclic) bond motifs is 1. The molecule has 6 nitrogen and oxygen atoms in total. The van der Waals surface area contributed by atoms with Crippen LogP contribution in [-0.4, -0.2) is 57.8 Å². The minimum Gasteiger partial charge on any atom is -0.396 e. The van der Waals surface area contributed by atoms with Crippen LogP contribution in [0.4, 0.5) is 4.39 Å². The molecule has 0 radical (unpaired) electrons. The lowest BCUT2D eigenvalue weighted by molar-refractivity contribution is -0.0450. The molecule has 1 aliphatic heterocycles. The highest BCUT2D eigenvalue weighted by atomic mass is 19.1. The zero-order valence-corrected chi connectivity index (χ0v) is 14.6. The highest BCUT2D eigenvalue weighted by Gasteiger charge is 2.43. The second kappa shape index (κ2) is 6.81. The van der Waals surface area contributed by atoms with E-state index >= 15 is 0 Å². The summed E-state index contributed by atoms with van der Waals surface area (Å²) in [7, 11) is 0. The zero-order valence-electron chi connectivity index (χ0n) is 14.6. The van der Waals surface area contributed by atoms with Gasteiger partial charge in [0.1, 0.15) is 17.3 Å². The van der Waals surface area contributed by atoms with Crippen molar-refractivity contribution in [2.75, 3.05) is 19.8 Å². The van der Waals surface area contributed by atoms with Crippen LogP contribution < -0.4 is 0 Å². The molecule has 1 aromatic heterocycles. The molecular formula is C19H22FN3O3. The third-order valence-electron chi connectivity index (χ3n) is 5.36. The van der Waals surface area contributed by atoms with E-state index in [4.69, 9.17) is 4.74 Å². The molecule has 2 aliphatic rings. The Morgan fingerprint density at radius 1 is 1.38 bits per heavy atom. The fraction of sp³-hybridized carbons (Fsp3) is 0.474. The molecule has 26 heavy (non-hydrogen) atoms. The number of aryl methyl sites for hydroxylation is 1. The van der Waals surface area contributed by atoms with Crippen molar-refractivity contribution in [3.63, 3.8) is 0 Å². The van der Waals surface area contributed by atoms with Gasteiger partial charge in [-0.15, -0.1) is 0 Å². The number of aromatic nitrogens is 2. The second-order valence-electron chi connectivity index (χ2n) is 7.06. The number of hydrogen-bond acceptors (Lipinski definition) is 4. The van der Waals surface area contributed by atoms with Gasteiger partial charge in [-0.25, -0.2) is 9.37 Å². The van der Waals surface area contributed by atoms with Gasteiger partial charge in [-0.05, 0) is 49.9 Å². The molecule has 7 heteroatoms. The molecule has 3 atom stereocenters. The Morgan fingerprint density at radius 3 is 2.88 bits per heavy atom. The fourth-order valence-electron chi connectivity index (χ4n) is 4.00. The topological polar surface area (TPSA) is 78.5 Å². The van der Waals surface area contributed by atoms with E-state index in [1.165, 1.54) is 12.1 Å². The Hall–Kier alpha value is -2.25. The van der Waals surface area contributed by atoms with Crippen molar-refractivity contribution in [1.82, 2.24) is 14.9 Å². The summed E-state index contributed by atoms with van der Waals surface area (Å²) in [5.74, 6) is 0.292. The van der Waals surface area contributed by atoms with Crippen LogP contribution in [0, 0.1) is 18.7 Å². The van der Waals surface area contributed by atoms with Gasteiger partial charge in [0.05, 0.1) is 18.8 Å². The van der Waals surface area contributed by atoms with Crippen LogP contribution in [-0.2, 0) is 4.74 Å². The number of nitrogens with one attached hydrogen (secondary N) is 1. The third-order valence-corrected chi connectivity index (χ3v) is 5.36. The number of amides is 1. The molecule has 2 N–H and O–H groups in total. The molecule has 0 spiro atoms. The standard InChI is InChI=1S/C19H22FN3O3/c1-11-17(22-18(21-11)13-2-4-14(20)5-3-13)19(25)23-6-7-26-16-9-12(10-24)8-15(16)23/h2-5,12,15-16,24H,6-10H2,1H3,(H,21,22)/t12-,15+,16+/m1/s1. The van der Waals surface area contributed by atoms with Gasteiger partial charge in [-0.2, -0.15) is 0 Å². The fourth-order valence-corrected chi connectivity index (χ4v) is 4.00. The number of rotatable bonds is 3. The number of aliphatic hydroxyl groups is 1. The van der Waals surface area contributed by atoms with Crippen LogP contribution in [0.15, 0.2) is 24.3 Å². The maximum atomic E-state index is 13.1. The Morgan fingerprint density at radius 2 is 2.15 bits per heavy atom. The number of carbonyl (C=O) groups excluding carboxylic acids is 1. The molecule has 0 bridgehead atoms. The third kappa shape index (κ3) is 3.01. The minimum atomic E-state index is -0.313. The Bertz CT molecular complexity index is 805. The summed E-state index contributed by atoms with van der Waals surface area (Å²) in [6.07, 6.45) is 1.52. The van der Waals surface area contributed by atoms with Gasteiger partial charge >= 0.3 is 0 Å². The molecule has 2 heterocycles. The molecule has 1 aliphatic carbocycles. The molecule has 2 fully saturated rings. The maximum Gasteiger partial charge on any atom is 0.274 e. The zero-order chi connectivity index (χ0) is 18.3. The van der Waals surface area contributed by atoms with E-state index in [2.05, 4.69) is 9.97 Å². The number of imidazole rings is 1. The number of aliphatic hydroxyl groups excluding tert-OH is 1. The van der Waals surface area contributed by atoms with Crippen LogP contribution >= 0.6 is 0 Å². The number of benzene rings is 1. The number of carbonyl (C=O) groups is 1. The highest BCUT2D eigenvalue weighted by Crippen LogP contribution is 2.35. The largest absolute Gasteiger partial charge is 0.396 e. The number of nitrogens with zero attached hydrogens (tertiary/aromatic N) is 2. The first-order valence-electron chi connectivity index (χ1n) is 8.92. The van der Waals surface area contributed by atoms with E-state index in [1.807, 2.05) is 11.8 Å². The van der Waals surface area contributed by atoms with Gasteiger partial charge in [0.2, 0.25) is 0 Å². The van der Waals surface area contributed by atoms with Gasteiger partial charge in [-0.1, -0.05) is 0 Å². The molecule has 138 valence electrons. The average Bonchev–Trinajstić information content (AvgIpc) is 3.24. The summed E-state index contributed by atoms with van der Waals surface area (Å²) >= 11 is 0. The van der Waals surface area contributed by atoms with Gasteiger partial charge in [-0.3, -0.25) is 4.79 Å². The molecule has 4 rings (SSSR count). The lowest BCUT2D eigenvalue weighted by Crippen LogP contribution is -2.51. The van der Waals surface area contributed by atoms with Crippen LogP contribution in [0.2, 0.25) is 0 Å². The van der Waals surface area contributed by atoms with Crippen molar-refractivity contribution in [2.45, 2.75) is 31.9 Å². The van der Waals surface area contributed by atoms with Crippen LogP contribution in [0.25, 0.3) is 11.4 Å². The first-order chi connectivity index (χ1) is 12.6. The van der Waals surface area contributed by atoms with E-state index in [-0.39, 0.29) is 36.4 Å². The lowest BCUT2D eigenvalue weighted by Gasteiger charge is -2.37. The van der Waals surface area contributed by atoms with Gasteiger partial charge < -0.3 is 19.7 Å². The van der Waals surface area contributed by atoms with E-state index in [0.717, 1.165) is 18.4 Å². The lowest BCUT2D eigenvalue weighted by atomic mass is 10.1. The molecule has 2 aromatic rings. The van der Waals surface area contributed by atoms with E-state index in [0.29, 0.717) is 30.4 Å². The highest BCUT2D eigenvalue weighted by molar-refractivity contribution is 5.94. The summed E-state index contributed by atoms with van der Waals surface area (Å²) in [4.78, 5) is 22.6. The van der Waals surface area contributed by atoms with E-state index < -0.39 is 0 Å². The Labute approximate surface area is 151 Å². The number of ether oxygens (including phenoxy) is 1. The van der Waals surface area contributed by atoms with Gasteiger partial charge in [0.15, 0.2) is 0 Å². The van der Waals surface area contributed by atoms with Crippen LogP contribution in [0.1, 0.15) is 29.0 Å². The monoisotopic (exact) mass is 359 g/mol. The second-order valence-corrected chi connectivity index (χ2v) is 7.06. The molecule has 0 unspecified atom stereocenters. The number of morpholine rings is 1. The summed E-state index contributed by atoms with van der Waals surface area (Å²) in [5, 5.41) is 9.44. The van der Waals surface area contributed by atoms with Crippen molar-refractivity contribution < 1.29 is 19.0 Å². The van der Waals surface area contributed by atoms with Gasteiger partial charge in [0, 0.05) is 24.4 Å². The SMILES string of the molecule is Cc1[nH]c(-c2ccc(F)cc2)nc1C(=O)N1CCO[C@H]2C[C@H](CO)C[C@@H]21. The maximum absolute atomic E-state index is 13.1. The van der Waals surface area contributed by atoms with Crippen molar-refractivity contribution >= 4 is 5.91 Å². The quantitative estimate of drug-likeness (QED) is 0.880. The molecular weight excluding hydrogens is 337 g/mol. The Kier molecular flexibility index (Phi) is 4.50. The van der Waals surface area contributed by atoms with Crippen LogP contribution in [0.5, 0.6) is 0 Å². The summed E-state index contributed by atoms with van der Waals surface area (Å²) in [5.41, 5.74) is 1.81. The van der Waals surface area contributed by atoms with Crippen LogP contribution in [0.3, 0.4) is 0 Å². The number of aromatic amines is 1. The van der Waals surface area contributed by atoms with Crippen molar-refractivity contribution in [1.29, 1.82) is 0 Å². The number of hydrogen-bond donors (Lipinski definition) is 2. The molecule has 1 saturated carbocycles. The Balaban J connectivity index is 1.59. The first kappa shape index (κ1) is 17.2. The average molecular weight is 359 g/mol. The van der Waals surface area contributed by atoms with E-state index in [1.54, 1.807) is 12.1 Å². The predicted molar refractivity (Wildman–Crippen MR) is 93.1 cm³/mol. The van der Waals surface area contributed by atoms with Crippen molar-refractivity contribution in [3.8, 4) is 11.4 Å². The smallest absolute Gasteiger partial charge is 0.274 e. The van der Waals surface area contributed by atoms with Gasteiger partial charge in [0.25, 0.3) is 5.91 Å². The number of halogens is 1. The van der Waals surface area contributed by atoms with E-state index in [9.17, 15) is 14.3 Å². The summed E-state index contributed by atoms with van der Waals surface area (Å²) in [6, 6.07) is 5.99.